The molecular weight excluding hydrogens is 249 g/mol. The third-order valence-corrected chi connectivity index (χ3v) is 4.20. The van der Waals surface area contributed by atoms with E-state index in [1.165, 1.54) is 6.07 Å². The van der Waals surface area contributed by atoms with E-state index in [2.05, 4.69) is 20.8 Å². The molecule has 1 atom stereocenters. The van der Waals surface area contributed by atoms with Crippen LogP contribution < -0.4 is 10.5 Å². The van der Waals surface area contributed by atoms with Gasteiger partial charge in [-0.05, 0) is 25.8 Å². The smallest absolute Gasteiger partial charge is 0.167 e. The molecule has 0 saturated carbocycles. The maximum absolute atomic E-state index is 13.7. The first kappa shape index (κ1) is 15.2. The van der Waals surface area contributed by atoms with Gasteiger partial charge in [0.2, 0.25) is 0 Å². The van der Waals surface area contributed by atoms with Gasteiger partial charge in [-0.3, -0.25) is 0 Å². The fraction of sp³-hybridized carbons (Fsp3) is 0.571. The Morgan fingerprint density at radius 3 is 2.28 bits per heavy atom. The standard InChI is InChI=1S/C14H22FNOS/c1-8(2)10(5)18-14-7-13(17-9(3)4)11(15)6-12(14)16/h6-10H,16H2,1-5H3. The highest BCUT2D eigenvalue weighted by molar-refractivity contribution is 8.00. The lowest BCUT2D eigenvalue weighted by molar-refractivity contribution is 0.230. The van der Waals surface area contributed by atoms with Crippen molar-refractivity contribution >= 4 is 17.4 Å². The number of nitrogens with two attached hydrogens (primary N) is 1. The Kier molecular flexibility index (Phi) is 5.32. The second kappa shape index (κ2) is 6.32. The molecule has 0 aliphatic rings. The van der Waals surface area contributed by atoms with E-state index in [1.807, 2.05) is 13.8 Å². The molecular formula is C14H22FNOS. The van der Waals surface area contributed by atoms with Gasteiger partial charge in [-0.25, -0.2) is 4.39 Å². The second-order valence-electron chi connectivity index (χ2n) is 5.05. The lowest BCUT2D eigenvalue weighted by Crippen LogP contribution is -2.09. The second-order valence-corrected chi connectivity index (χ2v) is 6.47. The Hall–Kier alpha value is -0.900. The van der Waals surface area contributed by atoms with E-state index in [9.17, 15) is 4.39 Å². The summed E-state index contributed by atoms with van der Waals surface area (Å²) >= 11 is 1.66. The van der Waals surface area contributed by atoms with Crippen molar-refractivity contribution in [2.24, 2.45) is 5.92 Å². The fourth-order valence-electron chi connectivity index (χ4n) is 1.33. The SMILES string of the molecule is CC(C)Oc1cc(SC(C)C(C)C)c(N)cc1F. The molecule has 0 radical (unpaired) electrons. The Morgan fingerprint density at radius 2 is 1.78 bits per heavy atom. The summed E-state index contributed by atoms with van der Waals surface area (Å²) in [6, 6.07) is 3.04. The topological polar surface area (TPSA) is 35.2 Å². The third kappa shape index (κ3) is 4.09. The highest BCUT2D eigenvalue weighted by Crippen LogP contribution is 2.36. The molecule has 0 spiro atoms. The highest BCUT2D eigenvalue weighted by atomic mass is 32.2. The first-order valence-corrected chi connectivity index (χ1v) is 7.11. The summed E-state index contributed by atoms with van der Waals surface area (Å²) in [5.41, 5.74) is 6.33. The van der Waals surface area contributed by atoms with Crippen LogP contribution in [0.25, 0.3) is 0 Å². The molecule has 0 aromatic heterocycles. The largest absolute Gasteiger partial charge is 0.488 e. The summed E-state index contributed by atoms with van der Waals surface area (Å²) < 4.78 is 19.1. The van der Waals surface area contributed by atoms with Crippen molar-refractivity contribution in [2.75, 3.05) is 5.73 Å². The van der Waals surface area contributed by atoms with Crippen molar-refractivity contribution in [1.29, 1.82) is 0 Å². The molecule has 0 heterocycles. The number of nitrogen functional groups attached to an aromatic ring is 1. The first-order valence-electron chi connectivity index (χ1n) is 6.23. The average molecular weight is 271 g/mol. The molecule has 2 N–H and O–H groups in total. The van der Waals surface area contributed by atoms with Crippen molar-refractivity contribution in [1.82, 2.24) is 0 Å². The summed E-state index contributed by atoms with van der Waals surface area (Å²) in [5, 5.41) is 0.421. The van der Waals surface area contributed by atoms with Gasteiger partial charge in [-0.15, -0.1) is 11.8 Å². The Bertz CT molecular complexity index is 407. The maximum atomic E-state index is 13.7. The van der Waals surface area contributed by atoms with Crippen LogP contribution in [0.2, 0.25) is 0 Å². The molecule has 1 aromatic rings. The molecule has 0 aliphatic carbocycles. The average Bonchev–Trinajstić information content (AvgIpc) is 2.24. The number of hydrogen-bond acceptors (Lipinski definition) is 3. The van der Waals surface area contributed by atoms with Crippen LogP contribution in [0.4, 0.5) is 10.1 Å². The molecule has 1 unspecified atom stereocenters. The monoisotopic (exact) mass is 271 g/mol. The van der Waals surface area contributed by atoms with E-state index in [-0.39, 0.29) is 11.9 Å². The minimum atomic E-state index is -0.400. The van der Waals surface area contributed by atoms with Crippen LogP contribution in [0.15, 0.2) is 17.0 Å². The molecule has 102 valence electrons. The van der Waals surface area contributed by atoms with E-state index >= 15 is 0 Å². The maximum Gasteiger partial charge on any atom is 0.167 e. The van der Waals surface area contributed by atoms with E-state index in [1.54, 1.807) is 17.8 Å². The third-order valence-electron chi connectivity index (χ3n) is 2.68. The molecule has 1 rings (SSSR count). The lowest BCUT2D eigenvalue weighted by Gasteiger charge is -2.18. The predicted molar refractivity (Wildman–Crippen MR) is 76.7 cm³/mol. The lowest BCUT2D eigenvalue weighted by atomic mass is 10.2. The Labute approximate surface area is 113 Å². The summed E-state index contributed by atoms with van der Waals surface area (Å²) in [7, 11) is 0. The van der Waals surface area contributed by atoms with Crippen molar-refractivity contribution in [3.05, 3.63) is 17.9 Å². The Balaban J connectivity index is 2.97. The van der Waals surface area contributed by atoms with Crippen LogP contribution in [0.5, 0.6) is 5.75 Å². The minimum Gasteiger partial charge on any atom is -0.488 e. The van der Waals surface area contributed by atoms with E-state index in [0.717, 1.165) is 4.90 Å². The van der Waals surface area contributed by atoms with Gasteiger partial charge in [-0.1, -0.05) is 20.8 Å². The summed E-state index contributed by atoms with van der Waals surface area (Å²) in [5.74, 6) is 0.411. The fourth-order valence-corrected chi connectivity index (χ4v) is 2.38. The minimum absolute atomic E-state index is 0.0523. The normalized spacial score (nSPS) is 13.1. The van der Waals surface area contributed by atoms with Gasteiger partial charge in [0, 0.05) is 21.9 Å². The molecule has 0 fully saturated rings. The number of ether oxygens (including phenoxy) is 1. The number of hydrogen-bond donors (Lipinski definition) is 1. The zero-order valence-electron chi connectivity index (χ0n) is 11.7. The first-order chi connectivity index (χ1) is 8.31. The van der Waals surface area contributed by atoms with E-state index in [4.69, 9.17) is 10.5 Å². The van der Waals surface area contributed by atoms with Crippen molar-refractivity contribution < 1.29 is 9.13 Å². The summed E-state index contributed by atoms with van der Waals surface area (Å²) in [6.45, 7) is 10.2. The van der Waals surface area contributed by atoms with Gasteiger partial charge in [-0.2, -0.15) is 0 Å². The Morgan fingerprint density at radius 1 is 1.17 bits per heavy atom. The molecule has 0 saturated heterocycles. The van der Waals surface area contributed by atoms with Crippen LogP contribution in [0, 0.1) is 11.7 Å². The van der Waals surface area contributed by atoms with Gasteiger partial charge < -0.3 is 10.5 Å². The molecule has 0 aliphatic heterocycles. The van der Waals surface area contributed by atoms with Crippen LogP contribution in [0.1, 0.15) is 34.6 Å². The van der Waals surface area contributed by atoms with Gasteiger partial charge in [0.05, 0.1) is 6.10 Å². The zero-order valence-corrected chi connectivity index (χ0v) is 12.5. The summed E-state index contributed by atoms with van der Waals surface area (Å²) in [4.78, 5) is 0.883. The van der Waals surface area contributed by atoms with Crippen molar-refractivity contribution in [3.63, 3.8) is 0 Å². The van der Waals surface area contributed by atoms with Gasteiger partial charge in [0.15, 0.2) is 11.6 Å². The van der Waals surface area contributed by atoms with Crippen LogP contribution in [-0.4, -0.2) is 11.4 Å². The number of halogens is 1. The van der Waals surface area contributed by atoms with E-state index in [0.29, 0.717) is 16.9 Å². The molecule has 1 aromatic carbocycles. The molecule has 2 nitrogen and oxygen atoms in total. The predicted octanol–water partition coefficient (Wildman–Crippen LogP) is 4.33. The van der Waals surface area contributed by atoms with Crippen molar-refractivity contribution in [3.8, 4) is 5.75 Å². The quantitative estimate of drug-likeness (QED) is 0.639. The number of anilines is 1. The molecule has 18 heavy (non-hydrogen) atoms. The zero-order chi connectivity index (χ0) is 13.9. The van der Waals surface area contributed by atoms with Gasteiger partial charge in [0.25, 0.3) is 0 Å². The summed E-state index contributed by atoms with van der Waals surface area (Å²) in [6.07, 6.45) is -0.0523. The molecule has 0 bridgehead atoms. The van der Waals surface area contributed by atoms with Crippen LogP contribution in [-0.2, 0) is 0 Å². The molecule has 4 heteroatoms. The number of rotatable bonds is 5. The van der Waals surface area contributed by atoms with Gasteiger partial charge >= 0.3 is 0 Å². The number of benzene rings is 1. The van der Waals surface area contributed by atoms with Crippen LogP contribution >= 0.6 is 11.8 Å². The van der Waals surface area contributed by atoms with Crippen molar-refractivity contribution in [2.45, 2.75) is 50.9 Å². The van der Waals surface area contributed by atoms with E-state index < -0.39 is 5.82 Å². The van der Waals surface area contributed by atoms with Gasteiger partial charge in [0.1, 0.15) is 0 Å². The highest BCUT2D eigenvalue weighted by Gasteiger charge is 2.15. The number of thioether (sulfide) groups is 1. The molecule has 0 amide bonds. The van der Waals surface area contributed by atoms with Crippen LogP contribution in [0.3, 0.4) is 0 Å².